The average molecular weight is 255 g/mol. The fraction of sp³-hybridized carbons (Fsp3) is 0.583. The zero-order chi connectivity index (χ0) is 12.5. The third-order valence-electron chi connectivity index (χ3n) is 3.38. The van der Waals surface area contributed by atoms with Crippen LogP contribution in [0.2, 0.25) is 0 Å². The average Bonchev–Trinajstić information content (AvgIpc) is 2.30. The lowest BCUT2D eigenvalue weighted by Crippen LogP contribution is -2.50. The fourth-order valence-corrected chi connectivity index (χ4v) is 3.98. The second-order valence-corrected chi connectivity index (χ2v) is 7.06. The van der Waals surface area contributed by atoms with E-state index in [0.717, 1.165) is 17.1 Å². The van der Waals surface area contributed by atoms with Crippen LogP contribution >= 0.6 is 0 Å². The van der Waals surface area contributed by atoms with Crippen LogP contribution in [0.3, 0.4) is 0 Å². The summed E-state index contributed by atoms with van der Waals surface area (Å²) in [6.07, 6.45) is 9.38. The molecule has 17 heavy (non-hydrogen) atoms. The van der Waals surface area contributed by atoms with Crippen LogP contribution in [0, 0.1) is 0 Å². The Morgan fingerprint density at radius 1 is 1.29 bits per heavy atom. The van der Waals surface area contributed by atoms with E-state index < -0.39 is 14.8 Å². The first-order valence-corrected chi connectivity index (χ1v) is 7.31. The van der Waals surface area contributed by atoms with Gasteiger partial charge >= 0.3 is 0 Å². The van der Waals surface area contributed by atoms with Crippen LogP contribution in [0.15, 0.2) is 24.3 Å². The molecule has 0 aromatic carbocycles. The maximum absolute atomic E-state index is 12.5. The molecular weight excluding hydrogens is 238 g/mol. The number of allylic oxidation sites excluding steroid dienone is 3. The van der Waals surface area contributed by atoms with Crippen molar-refractivity contribution >= 4 is 15.9 Å². The van der Waals surface area contributed by atoms with Crippen molar-refractivity contribution in [3.05, 3.63) is 24.3 Å². The maximum Gasteiger partial charge on any atom is 0.246 e. The Hall–Kier alpha value is -1.10. The van der Waals surface area contributed by atoms with Gasteiger partial charge in [-0.25, -0.2) is 12.7 Å². The minimum atomic E-state index is -3.59. The van der Waals surface area contributed by atoms with Crippen LogP contribution < -0.4 is 0 Å². The van der Waals surface area contributed by atoms with E-state index in [-0.39, 0.29) is 5.91 Å². The third kappa shape index (κ3) is 2.04. The Morgan fingerprint density at radius 2 is 2.06 bits per heavy atom. The van der Waals surface area contributed by atoms with Gasteiger partial charge in [-0.15, -0.1) is 0 Å². The van der Waals surface area contributed by atoms with Crippen molar-refractivity contribution < 1.29 is 13.2 Å². The Kier molecular flexibility index (Phi) is 3.12. The highest BCUT2D eigenvalue weighted by molar-refractivity contribution is 7.91. The first-order chi connectivity index (χ1) is 7.97. The van der Waals surface area contributed by atoms with Crippen molar-refractivity contribution in [1.29, 1.82) is 0 Å². The number of carbonyl (C=O) groups excluding carboxylic acids is 1. The summed E-state index contributed by atoms with van der Waals surface area (Å²) in [6, 6.07) is 0. The van der Waals surface area contributed by atoms with Crippen LogP contribution in [-0.4, -0.2) is 29.9 Å². The van der Waals surface area contributed by atoms with Crippen molar-refractivity contribution in [2.45, 2.75) is 37.4 Å². The van der Waals surface area contributed by atoms with Gasteiger partial charge in [-0.05, 0) is 26.2 Å². The smallest absolute Gasteiger partial charge is 0.246 e. The normalized spacial score (nSPS) is 29.7. The molecule has 4 nitrogen and oxygen atoms in total. The van der Waals surface area contributed by atoms with Gasteiger partial charge in [0.25, 0.3) is 0 Å². The number of hydrogen-bond donors (Lipinski definition) is 0. The molecule has 94 valence electrons. The molecule has 0 spiro atoms. The molecule has 5 heteroatoms. The summed E-state index contributed by atoms with van der Waals surface area (Å²) in [5.74, 6) is -0.263. The molecule has 1 aliphatic heterocycles. The fourth-order valence-electron chi connectivity index (χ4n) is 2.19. The molecule has 1 fully saturated rings. The van der Waals surface area contributed by atoms with E-state index in [1.54, 1.807) is 19.1 Å². The number of hydrogen-bond acceptors (Lipinski definition) is 3. The Morgan fingerprint density at radius 3 is 2.65 bits per heavy atom. The standard InChI is InChI=1S/C12H17NO3S/c1-12(8-4-2-5-9-12)17(15,16)13-10-6-3-7-11(13)14/h2,4-5,8H,3,6-7,9-10H2,1H3. The number of piperidine rings is 1. The highest BCUT2D eigenvalue weighted by atomic mass is 32.2. The van der Waals surface area contributed by atoms with E-state index in [4.69, 9.17) is 0 Å². The molecule has 1 heterocycles. The highest BCUT2D eigenvalue weighted by Gasteiger charge is 2.43. The van der Waals surface area contributed by atoms with Gasteiger partial charge in [0.1, 0.15) is 4.75 Å². The molecule has 1 aliphatic carbocycles. The molecule has 1 amide bonds. The third-order valence-corrected chi connectivity index (χ3v) is 5.83. The van der Waals surface area contributed by atoms with E-state index in [1.807, 2.05) is 12.2 Å². The van der Waals surface area contributed by atoms with Crippen molar-refractivity contribution in [3.8, 4) is 0 Å². The molecule has 1 unspecified atom stereocenters. The number of rotatable bonds is 2. The lowest BCUT2D eigenvalue weighted by Gasteiger charge is -2.35. The van der Waals surface area contributed by atoms with Crippen molar-refractivity contribution in [1.82, 2.24) is 4.31 Å². The van der Waals surface area contributed by atoms with Crippen molar-refractivity contribution in [2.75, 3.05) is 6.54 Å². The molecule has 1 saturated heterocycles. The van der Waals surface area contributed by atoms with Gasteiger partial charge in [-0.3, -0.25) is 4.79 Å². The number of amides is 1. The SMILES string of the molecule is CC1(S(=O)(=O)N2CCCCC2=O)C=CC=CC1. The Bertz CT molecular complexity index is 478. The zero-order valence-electron chi connectivity index (χ0n) is 9.93. The number of nitrogens with zero attached hydrogens (tertiary/aromatic N) is 1. The Labute approximate surface area is 102 Å². The zero-order valence-corrected chi connectivity index (χ0v) is 10.7. The lowest BCUT2D eigenvalue weighted by molar-refractivity contribution is -0.128. The molecule has 0 bridgehead atoms. The maximum atomic E-state index is 12.5. The summed E-state index contributed by atoms with van der Waals surface area (Å²) < 4.78 is 25.1. The van der Waals surface area contributed by atoms with Crippen LogP contribution in [0.5, 0.6) is 0 Å². The first-order valence-electron chi connectivity index (χ1n) is 5.87. The molecule has 0 radical (unpaired) electrons. The van der Waals surface area contributed by atoms with Gasteiger partial charge in [0.05, 0.1) is 0 Å². The van der Waals surface area contributed by atoms with Crippen LogP contribution in [-0.2, 0) is 14.8 Å². The predicted molar refractivity (Wildman–Crippen MR) is 65.8 cm³/mol. The van der Waals surface area contributed by atoms with Crippen molar-refractivity contribution in [3.63, 3.8) is 0 Å². The van der Waals surface area contributed by atoms with E-state index >= 15 is 0 Å². The second kappa shape index (κ2) is 4.29. The summed E-state index contributed by atoms with van der Waals surface area (Å²) >= 11 is 0. The molecular formula is C12H17NO3S. The minimum absolute atomic E-state index is 0.263. The van der Waals surface area contributed by atoms with Gasteiger partial charge in [-0.1, -0.05) is 24.3 Å². The van der Waals surface area contributed by atoms with Crippen LogP contribution in [0.4, 0.5) is 0 Å². The van der Waals surface area contributed by atoms with Gasteiger partial charge in [0.2, 0.25) is 15.9 Å². The second-order valence-electron chi connectivity index (χ2n) is 4.73. The summed E-state index contributed by atoms with van der Waals surface area (Å²) in [5.41, 5.74) is 0. The molecule has 2 rings (SSSR count). The summed E-state index contributed by atoms with van der Waals surface area (Å²) in [4.78, 5) is 11.7. The minimum Gasteiger partial charge on any atom is -0.274 e. The van der Waals surface area contributed by atoms with Crippen LogP contribution in [0.25, 0.3) is 0 Å². The topological polar surface area (TPSA) is 54.5 Å². The molecule has 2 aliphatic rings. The quantitative estimate of drug-likeness (QED) is 0.753. The number of carbonyl (C=O) groups is 1. The highest BCUT2D eigenvalue weighted by Crippen LogP contribution is 2.31. The monoisotopic (exact) mass is 255 g/mol. The summed E-state index contributed by atoms with van der Waals surface area (Å²) in [7, 11) is -3.59. The molecule has 0 aromatic rings. The van der Waals surface area contributed by atoms with Gasteiger partial charge in [0.15, 0.2) is 0 Å². The summed E-state index contributed by atoms with van der Waals surface area (Å²) in [6.45, 7) is 2.00. The van der Waals surface area contributed by atoms with Gasteiger partial charge < -0.3 is 0 Å². The van der Waals surface area contributed by atoms with E-state index in [0.29, 0.717) is 19.4 Å². The van der Waals surface area contributed by atoms with Gasteiger partial charge in [0, 0.05) is 13.0 Å². The molecule has 0 N–H and O–H groups in total. The molecule has 0 saturated carbocycles. The molecule has 1 atom stereocenters. The van der Waals surface area contributed by atoms with Gasteiger partial charge in [-0.2, -0.15) is 0 Å². The van der Waals surface area contributed by atoms with Crippen molar-refractivity contribution in [2.24, 2.45) is 0 Å². The molecule has 0 aromatic heterocycles. The first kappa shape index (κ1) is 12.4. The van der Waals surface area contributed by atoms with Crippen LogP contribution in [0.1, 0.15) is 32.6 Å². The van der Waals surface area contributed by atoms with E-state index in [1.165, 1.54) is 0 Å². The summed E-state index contributed by atoms with van der Waals surface area (Å²) in [5, 5.41) is 0. The lowest BCUT2D eigenvalue weighted by atomic mass is 10.0. The Balaban J connectivity index is 2.32. The largest absolute Gasteiger partial charge is 0.274 e. The van der Waals surface area contributed by atoms with E-state index in [9.17, 15) is 13.2 Å². The number of sulfonamides is 1. The van der Waals surface area contributed by atoms with E-state index in [2.05, 4.69) is 0 Å². The predicted octanol–water partition coefficient (Wildman–Crippen LogP) is 1.60.